The molecule has 1 rings (SSSR count). The molecule has 5 heteroatoms. The molecule has 0 amide bonds. The maximum absolute atomic E-state index is 11.6. The molecule has 0 aromatic carbocycles. The molecule has 60 valence electrons. The molecule has 1 N–H and O–H groups in total. The van der Waals surface area contributed by atoms with Gasteiger partial charge in [0.05, 0.1) is 6.10 Å². The Morgan fingerprint density at radius 2 is 2.00 bits per heavy atom. The van der Waals surface area contributed by atoms with Gasteiger partial charge in [-0.05, 0) is 6.42 Å². The molecule has 0 bridgehead atoms. The topological polar surface area (TPSA) is 29.5 Å². The van der Waals surface area contributed by atoms with E-state index in [9.17, 15) is 13.2 Å². The van der Waals surface area contributed by atoms with Gasteiger partial charge in [0.2, 0.25) is 0 Å². The van der Waals surface area contributed by atoms with Gasteiger partial charge in [0.25, 0.3) is 0 Å². The lowest BCUT2D eigenvalue weighted by molar-refractivity contribution is -0.257. The fourth-order valence-corrected chi connectivity index (χ4v) is 0.714. The highest BCUT2D eigenvalue weighted by Crippen LogP contribution is 2.28. The molecule has 0 aliphatic carbocycles. The van der Waals surface area contributed by atoms with E-state index in [0.29, 0.717) is 13.0 Å². The van der Waals surface area contributed by atoms with E-state index in [1.807, 2.05) is 0 Å². The summed E-state index contributed by atoms with van der Waals surface area (Å²) in [4.78, 5) is 0. The van der Waals surface area contributed by atoms with Crippen LogP contribution in [0.25, 0.3) is 0 Å². The van der Waals surface area contributed by atoms with Crippen LogP contribution in [0.2, 0.25) is 0 Å². The highest BCUT2D eigenvalue weighted by atomic mass is 19.4. The summed E-state index contributed by atoms with van der Waals surface area (Å²) in [7, 11) is 0. The van der Waals surface area contributed by atoms with Gasteiger partial charge >= 0.3 is 6.18 Å². The second kappa shape index (κ2) is 2.39. The normalized spacial score (nSPS) is 29.4. The van der Waals surface area contributed by atoms with E-state index in [1.165, 1.54) is 0 Å². The summed E-state index contributed by atoms with van der Waals surface area (Å²) in [5.74, 6) is 0. The van der Waals surface area contributed by atoms with E-state index in [1.54, 1.807) is 0 Å². The van der Waals surface area contributed by atoms with Crippen molar-refractivity contribution in [2.75, 3.05) is 6.61 Å². The number of hydrogen-bond acceptors (Lipinski definition) is 2. The molecule has 0 radical (unpaired) electrons. The van der Waals surface area contributed by atoms with Crippen LogP contribution in [0.3, 0.4) is 0 Å². The first-order valence-corrected chi connectivity index (χ1v) is 2.88. The van der Waals surface area contributed by atoms with Crippen molar-refractivity contribution < 1.29 is 23.0 Å². The summed E-state index contributed by atoms with van der Waals surface area (Å²) in [6.45, 7) is 0.317. The quantitative estimate of drug-likeness (QED) is 0.605. The van der Waals surface area contributed by atoms with Crippen molar-refractivity contribution in [3.63, 3.8) is 0 Å². The lowest BCUT2D eigenvalue weighted by Gasteiger charge is -2.31. The maximum Gasteiger partial charge on any atom is 0.416 e. The predicted molar refractivity (Wildman–Crippen MR) is 26.4 cm³/mol. The van der Waals surface area contributed by atoms with Crippen LogP contribution in [0.1, 0.15) is 6.42 Å². The second-order valence-corrected chi connectivity index (χ2v) is 2.18. The number of hydrogen-bond donors (Lipinski definition) is 1. The maximum atomic E-state index is 11.6. The molecule has 0 aromatic heterocycles. The molecule has 1 aliphatic heterocycles. The minimum Gasteiger partial charge on any atom is -0.381 e. The Hall–Kier alpha value is -0.290. The van der Waals surface area contributed by atoms with Crippen LogP contribution in [-0.4, -0.2) is 30.1 Å². The van der Waals surface area contributed by atoms with E-state index in [-0.39, 0.29) is 0 Å². The van der Waals surface area contributed by atoms with E-state index in [2.05, 4.69) is 4.74 Å². The third kappa shape index (κ3) is 1.41. The summed E-state index contributed by atoms with van der Waals surface area (Å²) in [6, 6.07) is 0. The van der Waals surface area contributed by atoms with Crippen LogP contribution in [0.15, 0.2) is 0 Å². The van der Waals surface area contributed by atoms with Gasteiger partial charge < -0.3 is 9.84 Å². The summed E-state index contributed by atoms with van der Waals surface area (Å²) < 4.78 is 39.2. The summed E-state index contributed by atoms with van der Waals surface area (Å²) >= 11 is 0. The highest BCUT2D eigenvalue weighted by molar-refractivity contribution is 4.80. The SMILES string of the molecule is OC(C1CCO1)C(F)(F)F. The van der Waals surface area contributed by atoms with E-state index in [0.717, 1.165) is 0 Å². The van der Waals surface area contributed by atoms with Gasteiger partial charge in [-0.2, -0.15) is 13.2 Å². The molecule has 2 unspecified atom stereocenters. The fourth-order valence-electron chi connectivity index (χ4n) is 0.714. The monoisotopic (exact) mass is 156 g/mol. The van der Waals surface area contributed by atoms with Gasteiger partial charge in [0, 0.05) is 6.61 Å². The molecule has 0 aromatic rings. The van der Waals surface area contributed by atoms with Crippen molar-refractivity contribution in [1.82, 2.24) is 0 Å². The van der Waals surface area contributed by atoms with Crippen molar-refractivity contribution in [3.05, 3.63) is 0 Å². The lowest BCUT2D eigenvalue weighted by Crippen LogP contribution is -2.46. The zero-order valence-electron chi connectivity index (χ0n) is 5.06. The molecule has 1 fully saturated rings. The predicted octanol–water partition coefficient (Wildman–Crippen LogP) is 0.699. The van der Waals surface area contributed by atoms with E-state index < -0.39 is 18.4 Å². The Labute approximate surface area is 55.6 Å². The second-order valence-electron chi connectivity index (χ2n) is 2.18. The number of aliphatic hydroxyl groups excluding tert-OH is 1. The number of aliphatic hydroxyl groups is 1. The zero-order valence-corrected chi connectivity index (χ0v) is 5.06. The lowest BCUT2D eigenvalue weighted by atomic mass is 10.1. The minimum atomic E-state index is -4.54. The van der Waals surface area contributed by atoms with Crippen molar-refractivity contribution in [3.8, 4) is 0 Å². The van der Waals surface area contributed by atoms with Crippen LogP contribution in [-0.2, 0) is 4.74 Å². The Bertz CT molecular complexity index is 119. The Morgan fingerprint density at radius 1 is 1.50 bits per heavy atom. The van der Waals surface area contributed by atoms with E-state index in [4.69, 9.17) is 5.11 Å². The average molecular weight is 156 g/mol. The minimum absolute atomic E-state index is 0.292. The number of halogens is 3. The smallest absolute Gasteiger partial charge is 0.381 e. The highest BCUT2D eigenvalue weighted by Gasteiger charge is 2.46. The van der Waals surface area contributed by atoms with Crippen LogP contribution in [0.4, 0.5) is 13.2 Å². The summed E-state index contributed by atoms with van der Waals surface area (Å²) in [5.41, 5.74) is 0. The number of alkyl halides is 3. The van der Waals surface area contributed by atoms with Gasteiger partial charge in [-0.15, -0.1) is 0 Å². The first kappa shape index (κ1) is 7.81. The molecule has 2 nitrogen and oxygen atoms in total. The van der Waals surface area contributed by atoms with Gasteiger partial charge in [-0.3, -0.25) is 0 Å². The first-order valence-electron chi connectivity index (χ1n) is 2.88. The first-order chi connectivity index (χ1) is 4.52. The van der Waals surface area contributed by atoms with Crippen LogP contribution in [0, 0.1) is 0 Å². The third-order valence-corrected chi connectivity index (χ3v) is 1.42. The Morgan fingerprint density at radius 3 is 2.10 bits per heavy atom. The molecule has 10 heavy (non-hydrogen) atoms. The van der Waals surface area contributed by atoms with Gasteiger partial charge in [0.1, 0.15) is 0 Å². The Kier molecular flexibility index (Phi) is 1.87. The fraction of sp³-hybridized carbons (Fsp3) is 1.00. The molecule has 1 heterocycles. The molecule has 0 spiro atoms. The molecule has 2 atom stereocenters. The average Bonchev–Trinajstić information content (AvgIpc) is 1.57. The summed E-state index contributed by atoms with van der Waals surface area (Å²) in [5, 5.41) is 8.46. The zero-order chi connectivity index (χ0) is 7.78. The standard InChI is InChI=1S/C5H7F3O2/c6-5(7,8)4(9)3-1-2-10-3/h3-4,9H,1-2H2. The molecule has 1 aliphatic rings. The molecular weight excluding hydrogens is 149 g/mol. The van der Waals surface area contributed by atoms with Crippen molar-refractivity contribution >= 4 is 0 Å². The van der Waals surface area contributed by atoms with Crippen LogP contribution < -0.4 is 0 Å². The number of ether oxygens (including phenoxy) is 1. The molecular formula is C5H7F3O2. The van der Waals surface area contributed by atoms with Gasteiger partial charge in [-0.1, -0.05) is 0 Å². The summed E-state index contributed by atoms with van der Waals surface area (Å²) in [6.07, 6.45) is -7.58. The van der Waals surface area contributed by atoms with Crippen LogP contribution in [0.5, 0.6) is 0 Å². The van der Waals surface area contributed by atoms with Crippen molar-refractivity contribution in [2.24, 2.45) is 0 Å². The number of rotatable bonds is 1. The van der Waals surface area contributed by atoms with Crippen molar-refractivity contribution in [2.45, 2.75) is 24.8 Å². The van der Waals surface area contributed by atoms with E-state index >= 15 is 0 Å². The van der Waals surface area contributed by atoms with Gasteiger partial charge in [-0.25, -0.2) is 0 Å². The largest absolute Gasteiger partial charge is 0.416 e. The van der Waals surface area contributed by atoms with Gasteiger partial charge in [0.15, 0.2) is 6.10 Å². The Balaban J connectivity index is 2.39. The molecule has 1 saturated heterocycles. The third-order valence-electron chi connectivity index (χ3n) is 1.42. The van der Waals surface area contributed by atoms with Crippen molar-refractivity contribution in [1.29, 1.82) is 0 Å². The van der Waals surface area contributed by atoms with Crippen LogP contribution >= 0.6 is 0 Å². The molecule has 0 saturated carbocycles.